The molecule has 0 saturated heterocycles. The summed E-state index contributed by atoms with van der Waals surface area (Å²) >= 11 is 1.84. The molecule has 2 rings (SSSR count). The van der Waals surface area contributed by atoms with Crippen LogP contribution in [0.15, 0.2) is 35.3 Å². The molecule has 25 heavy (non-hydrogen) atoms. The molecule has 1 unspecified atom stereocenters. The second-order valence-electron chi connectivity index (χ2n) is 5.82. The first-order chi connectivity index (χ1) is 11.5. The fraction of sp³-hybridized carbons (Fsp3) is 0.444. The fourth-order valence-electron chi connectivity index (χ4n) is 2.46. The number of halogens is 1. The molecule has 2 N–H and O–H groups in total. The molecule has 0 saturated carbocycles. The number of hydrogen-bond donors (Lipinski definition) is 2. The van der Waals surface area contributed by atoms with Gasteiger partial charge in [-0.2, -0.15) is 16.9 Å². The monoisotopic (exact) mass is 473 g/mol. The first kappa shape index (κ1) is 21.8. The maximum atomic E-state index is 4.60. The highest BCUT2D eigenvalue weighted by Gasteiger charge is 2.09. The van der Waals surface area contributed by atoms with E-state index in [1.54, 1.807) is 7.05 Å². The van der Waals surface area contributed by atoms with Crippen molar-refractivity contribution < 1.29 is 0 Å². The van der Waals surface area contributed by atoms with Gasteiger partial charge in [0.15, 0.2) is 5.96 Å². The maximum absolute atomic E-state index is 4.60. The van der Waals surface area contributed by atoms with Gasteiger partial charge in [0.05, 0.1) is 11.4 Å². The lowest BCUT2D eigenvalue weighted by Crippen LogP contribution is -2.39. The van der Waals surface area contributed by atoms with Crippen molar-refractivity contribution in [1.29, 1.82) is 0 Å². The summed E-state index contributed by atoms with van der Waals surface area (Å²) < 4.78 is 2.00. The molecule has 0 radical (unpaired) electrons. The van der Waals surface area contributed by atoms with Crippen LogP contribution in [0.1, 0.15) is 23.9 Å². The van der Waals surface area contributed by atoms with Gasteiger partial charge < -0.3 is 10.6 Å². The van der Waals surface area contributed by atoms with Crippen molar-refractivity contribution >= 4 is 41.7 Å². The Morgan fingerprint density at radius 1 is 1.28 bits per heavy atom. The molecule has 5 nitrogen and oxygen atoms in total. The van der Waals surface area contributed by atoms with Gasteiger partial charge in [0.2, 0.25) is 0 Å². The van der Waals surface area contributed by atoms with E-state index in [0.717, 1.165) is 29.6 Å². The number of aromatic nitrogens is 2. The van der Waals surface area contributed by atoms with Gasteiger partial charge in [-0.25, -0.2) is 4.68 Å². The van der Waals surface area contributed by atoms with E-state index in [1.165, 1.54) is 5.56 Å². The molecule has 2 aromatic rings. The zero-order valence-corrected chi connectivity index (χ0v) is 18.7. The van der Waals surface area contributed by atoms with E-state index in [-0.39, 0.29) is 24.0 Å². The number of nitrogens with zero attached hydrogens (tertiary/aromatic N) is 3. The van der Waals surface area contributed by atoms with Crippen molar-refractivity contribution in [3.8, 4) is 5.69 Å². The van der Waals surface area contributed by atoms with E-state index >= 15 is 0 Å². The molecule has 1 aromatic carbocycles. The Morgan fingerprint density at radius 3 is 2.60 bits per heavy atom. The van der Waals surface area contributed by atoms with Crippen LogP contribution >= 0.6 is 35.7 Å². The highest BCUT2D eigenvalue weighted by molar-refractivity contribution is 14.0. The molecule has 138 valence electrons. The molecule has 1 heterocycles. The lowest BCUT2D eigenvalue weighted by atomic mass is 10.1. The van der Waals surface area contributed by atoms with E-state index in [2.05, 4.69) is 65.1 Å². The van der Waals surface area contributed by atoms with Crippen molar-refractivity contribution in [2.75, 3.05) is 19.8 Å². The Balaban J connectivity index is 0.00000312. The van der Waals surface area contributed by atoms with E-state index < -0.39 is 0 Å². The lowest BCUT2D eigenvalue weighted by Gasteiger charge is -2.16. The standard InChI is InChI=1S/C18H27N5S.HI/c1-13-10-14(2)23(22-13)17-9-7-6-8-16(17)12-21-18(19-4)20-11-15(3)24-5;/h6-10,15H,11-12H2,1-5H3,(H2,19,20,21);1H. The number of benzene rings is 1. The van der Waals surface area contributed by atoms with Crippen LogP contribution in [-0.2, 0) is 6.54 Å². The van der Waals surface area contributed by atoms with Crippen LogP contribution in [0.2, 0.25) is 0 Å². The third-order valence-corrected chi connectivity index (χ3v) is 4.83. The van der Waals surface area contributed by atoms with E-state index in [4.69, 9.17) is 0 Å². The predicted octanol–water partition coefficient (Wildman–Crippen LogP) is 3.52. The minimum Gasteiger partial charge on any atom is -0.355 e. The van der Waals surface area contributed by atoms with Crippen LogP contribution in [0.5, 0.6) is 0 Å². The highest BCUT2D eigenvalue weighted by atomic mass is 127. The highest BCUT2D eigenvalue weighted by Crippen LogP contribution is 2.16. The number of hydrogen-bond acceptors (Lipinski definition) is 3. The summed E-state index contributed by atoms with van der Waals surface area (Å²) in [4.78, 5) is 4.30. The van der Waals surface area contributed by atoms with Crippen LogP contribution in [-0.4, -0.2) is 40.8 Å². The summed E-state index contributed by atoms with van der Waals surface area (Å²) in [7, 11) is 1.80. The normalized spacial score (nSPS) is 12.4. The number of nitrogens with one attached hydrogen (secondary N) is 2. The predicted molar refractivity (Wildman–Crippen MR) is 120 cm³/mol. The molecule has 7 heteroatoms. The van der Waals surface area contributed by atoms with E-state index in [0.29, 0.717) is 11.8 Å². The second kappa shape index (κ2) is 10.7. The molecule has 0 bridgehead atoms. The van der Waals surface area contributed by atoms with Crippen LogP contribution in [0, 0.1) is 13.8 Å². The van der Waals surface area contributed by atoms with Crippen LogP contribution in [0.25, 0.3) is 5.69 Å². The molecule has 0 aliphatic heterocycles. The van der Waals surface area contributed by atoms with Gasteiger partial charge in [-0.05, 0) is 37.8 Å². The van der Waals surface area contributed by atoms with E-state index in [9.17, 15) is 0 Å². The van der Waals surface area contributed by atoms with Gasteiger partial charge in [-0.3, -0.25) is 4.99 Å². The first-order valence-corrected chi connectivity index (χ1v) is 9.42. The minimum absolute atomic E-state index is 0. The van der Waals surface area contributed by atoms with Gasteiger partial charge in [-0.15, -0.1) is 24.0 Å². The van der Waals surface area contributed by atoms with Gasteiger partial charge in [0, 0.05) is 31.1 Å². The summed E-state index contributed by atoms with van der Waals surface area (Å²) in [6.07, 6.45) is 2.12. The quantitative estimate of drug-likeness (QED) is 0.383. The number of para-hydroxylation sites is 1. The minimum atomic E-state index is 0. The Bertz CT molecular complexity index is 699. The van der Waals surface area contributed by atoms with E-state index in [1.807, 2.05) is 29.4 Å². The number of guanidine groups is 1. The van der Waals surface area contributed by atoms with Crippen molar-refractivity contribution in [3.05, 3.63) is 47.3 Å². The molecule has 0 aliphatic carbocycles. The van der Waals surface area contributed by atoms with Gasteiger partial charge in [-0.1, -0.05) is 25.1 Å². The third-order valence-electron chi connectivity index (χ3n) is 3.86. The maximum Gasteiger partial charge on any atom is 0.191 e. The van der Waals surface area contributed by atoms with Crippen LogP contribution in [0.3, 0.4) is 0 Å². The molecule has 0 amide bonds. The zero-order valence-electron chi connectivity index (χ0n) is 15.5. The molecule has 0 fully saturated rings. The Kier molecular flexibility index (Phi) is 9.34. The molecule has 0 spiro atoms. The van der Waals surface area contributed by atoms with Crippen molar-refractivity contribution in [2.45, 2.75) is 32.6 Å². The first-order valence-electron chi connectivity index (χ1n) is 8.14. The molecule has 1 aromatic heterocycles. The largest absolute Gasteiger partial charge is 0.355 e. The number of aliphatic imine (C=N–C) groups is 1. The van der Waals surface area contributed by atoms with Crippen LogP contribution < -0.4 is 10.6 Å². The number of thioether (sulfide) groups is 1. The van der Waals surface area contributed by atoms with Gasteiger partial charge in [0.1, 0.15) is 0 Å². The molecular formula is C18H28IN5S. The summed E-state index contributed by atoms with van der Waals surface area (Å²) in [6.45, 7) is 7.88. The average Bonchev–Trinajstić information content (AvgIpc) is 2.93. The Morgan fingerprint density at radius 2 is 2.00 bits per heavy atom. The summed E-state index contributed by atoms with van der Waals surface area (Å²) in [6, 6.07) is 10.4. The number of rotatable bonds is 6. The van der Waals surface area contributed by atoms with Crippen molar-refractivity contribution in [1.82, 2.24) is 20.4 Å². The smallest absolute Gasteiger partial charge is 0.191 e. The lowest BCUT2D eigenvalue weighted by molar-refractivity contribution is 0.773. The number of aryl methyl sites for hydroxylation is 2. The zero-order chi connectivity index (χ0) is 17.5. The Hall–Kier alpha value is -1.22. The van der Waals surface area contributed by atoms with Gasteiger partial charge in [0.25, 0.3) is 0 Å². The molecular weight excluding hydrogens is 445 g/mol. The Labute approximate surface area is 172 Å². The SMILES string of the molecule is CN=C(NCc1ccccc1-n1nc(C)cc1C)NCC(C)SC.I. The van der Waals surface area contributed by atoms with Crippen molar-refractivity contribution in [3.63, 3.8) is 0 Å². The topological polar surface area (TPSA) is 54.2 Å². The molecule has 1 atom stereocenters. The third kappa shape index (κ3) is 6.22. The van der Waals surface area contributed by atoms with Crippen LogP contribution in [0.4, 0.5) is 0 Å². The summed E-state index contributed by atoms with van der Waals surface area (Å²) in [5, 5.41) is 11.9. The van der Waals surface area contributed by atoms with Gasteiger partial charge >= 0.3 is 0 Å². The average molecular weight is 473 g/mol. The fourth-order valence-corrected chi connectivity index (χ4v) is 2.71. The second-order valence-corrected chi connectivity index (χ2v) is 7.10. The molecule has 0 aliphatic rings. The summed E-state index contributed by atoms with van der Waals surface area (Å²) in [5.41, 5.74) is 4.45. The van der Waals surface area contributed by atoms with Crippen molar-refractivity contribution in [2.24, 2.45) is 4.99 Å². The summed E-state index contributed by atoms with van der Waals surface area (Å²) in [5.74, 6) is 0.819.